The number of hydrogen-bond acceptors (Lipinski definition) is 13. The van der Waals surface area contributed by atoms with Crippen molar-refractivity contribution in [2.24, 2.45) is 5.92 Å². The fraction of sp³-hybridized carbons (Fsp3) is 0.327. The van der Waals surface area contributed by atoms with E-state index in [4.69, 9.17) is 26.1 Å². The van der Waals surface area contributed by atoms with Gasteiger partial charge in [0.1, 0.15) is 23.6 Å². The monoisotopic (exact) mass is 1050 g/mol. The number of benzene rings is 4. The maximum Gasteiger partial charge on any atom is 0.293 e. The van der Waals surface area contributed by atoms with E-state index < -0.39 is 31.4 Å². The lowest BCUT2D eigenvalue weighted by Crippen LogP contribution is -2.46. The lowest BCUT2D eigenvalue weighted by Gasteiger charge is -2.38. The number of fused-ring (bicyclic) bond motifs is 2. The van der Waals surface area contributed by atoms with Crippen molar-refractivity contribution in [2.45, 2.75) is 44.6 Å². The summed E-state index contributed by atoms with van der Waals surface area (Å²) >= 11 is 6.37. The van der Waals surface area contributed by atoms with Gasteiger partial charge < -0.3 is 43.9 Å². The summed E-state index contributed by atoms with van der Waals surface area (Å²) in [6, 6.07) is 28.8. The average molecular weight is 1060 g/mol. The van der Waals surface area contributed by atoms with Crippen LogP contribution in [0.15, 0.2) is 108 Å². The number of sulfonamides is 1. The van der Waals surface area contributed by atoms with Crippen LogP contribution in [0.4, 0.5) is 34.1 Å². The number of amides is 2. The number of H-pyrrole nitrogens is 1. The minimum absolute atomic E-state index is 0.0562. The van der Waals surface area contributed by atoms with Gasteiger partial charge in [0.25, 0.3) is 27.5 Å². The number of nitrogens with zero attached hydrogens (tertiary/aromatic N) is 7. The van der Waals surface area contributed by atoms with E-state index in [0.717, 1.165) is 63.7 Å². The van der Waals surface area contributed by atoms with Crippen molar-refractivity contribution in [1.82, 2.24) is 24.2 Å². The van der Waals surface area contributed by atoms with E-state index in [1.165, 1.54) is 12.1 Å². The molecule has 390 valence electrons. The second-order valence-corrected chi connectivity index (χ2v) is 21.7. The van der Waals surface area contributed by atoms with E-state index in [-0.39, 0.29) is 35.7 Å². The van der Waals surface area contributed by atoms with Crippen molar-refractivity contribution in [3.63, 3.8) is 0 Å². The van der Waals surface area contributed by atoms with Crippen molar-refractivity contribution in [1.29, 1.82) is 0 Å². The Hall–Kier alpha value is -7.61. The Kier molecular flexibility index (Phi) is 14.2. The lowest BCUT2D eigenvalue weighted by molar-refractivity contribution is -0.384. The van der Waals surface area contributed by atoms with Crippen LogP contribution in [-0.4, -0.2) is 118 Å². The van der Waals surface area contributed by atoms with Crippen molar-refractivity contribution >= 4 is 78.6 Å². The number of hydrogen-bond donors (Lipinski definition) is 3. The fourth-order valence-corrected chi connectivity index (χ4v) is 11.6. The number of carbonyl (C=O) groups excluding carboxylic acids is 2. The molecule has 7 aromatic rings. The van der Waals surface area contributed by atoms with Crippen LogP contribution in [0.3, 0.4) is 0 Å². The quantitative estimate of drug-likeness (QED) is 0.0688. The first-order valence-electron chi connectivity index (χ1n) is 25.1. The number of nitro benzene ring substituents is 1. The predicted molar refractivity (Wildman–Crippen MR) is 293 cm³/mol. The number of pyridine rings is 1. The summed E-state index contributed by atoms with van der Waals surface area (Å²) in [6.07, 6.45) is 3.40. The highest BCUT2D eigenvalue weighted by Gasteiger charge is 2.33. The van der Waals surface area contributed by atoms with Crippen LogP contribution in [0.5, 0.6) is 5.88 Å². The molecule has 0 radical (unpaired) electrons. The topological polar surface area (TPSA) is 201 Å². The van der Waals surface area contributed by atoms with Gasteiger partial charge in [0.2, 0.25) is 5.88 Å². The molecule has 0 saturated carbocycles. The highest BCUT2D eigenvalue weighted by atomic mass is 35.5. The van der Waals surface area contributed by atoms with Crippen LogP contribution in [0.2, 0.25) is 5.02 Å². The minimum Gasteiger partial charge on any atom is -0.474 e. The third kappa shape index (κ3) is 10.2. The van der Waals surface area contributed by atoms with Gasteiger partial charge >= 0.3 is 0 Å². The lowest BCUT2D eigenvalue weighted by atomic mass is 9.95. The number of nitro groups is 1. The molecule has 4 aromatic carbocycles. The van der Waals surface area contributed by atoms with E-state index in [9.17, 15) is 28.1 Å². The molecule has 75 heavy (non-hydrogen) atoms. The Morgan fingerprint density at radius 2 is 1.60 bits per heavy atom. The van der Waals surface area contributed by atoms with Crippen LogP contribution >= 0.6 is 11.6 Å². The van der Waals surface area contributed by atoms with Gasteiger partial charge in [-0.3, -0.25) is 19.7 Å². The molecular weight excluding hydrogens is 996 g/mol. The number of halogens is 1. The highest BCUT2D eigenvalue weighted by Crippen LogP contribution is 2.44. The molecule has 3 aliphatic heterocycles. The van der Waals surface area contributed by atoms with Gasteiger partial charge in [-0.2, -0.15) is 4.98 Å². The molecule has 0 atom stereocenters. The number of nitrogens with one attached hydrogen (secondary N) is 3. The van der Waals surface area contributed by atoms with E-state index >= 15 is 0 Å². The minimum atomic E-state index is -4.61. The molecule has 0 unspecified atom stereocenters. The maximum atomic E-state index is 14.4. The van der Waals surface area contributed by atoms with Crippen molar-refractivity contribution in [2.75, 3.05) is 93.2 Å². The van der Waals surface area contributed by atoms with Gasteiger partial charge in [-0.05, 0) is 117 Å². The van der Waals surface area contributed by atoms with E-state index in [1.54, 1.807) is 31.3 Å². The second-order valence-electron chi connectivity index (χ2n) is 19.6. The molecule has 0 spiro atoms. The summed E-state index contributed by atoms with van der Waals surface area (Å²) in [5.41, 5.74) is 8.49. The maximum absolute atomic E-state index is 14.4. The Morgan fingerprint density at radius 1 is 0.880 bits per heavy atom. The Balaban J connectivity index is 0.944. The number of carbonyl (C=O) groups is 2. The first-order chi connectivity index (χ1) is 36.1. The normalized spacial score (nSPS) is 15.2. The smallest absolute Gasteiger partial charge is 0.293 e. The van der Waals surface area contributed by atoms with E-state index in [0.29, 0.717) is 86.0 Å². The number of rotatable bonds is 14. The highest BCUT2D eigenvalue weighted by molar-refractivity contribution is 7.90. The van der Waals surface area contributed by atoms with Crippen molar-refractivity contribution in [3.8, 4) is 28.3 Å². The van der Waals surface area contributed by atoms with Gasteiger partial charge in [0.15, 0.2) is 0 Å². The van der Waals surface area contributed by atoms with Gasteiger partial charge in [0.05, 0.1) is 38.9 Å². The summed E-state index contributed by atoms with van der Waals surface area (Å²) in [7, 11) is -1.07. The molecule has 3 aliphatic rings. The van der Waals surface area contributed by atoms with Crippen LogP contribution < -0.4 is 29.5 Å². The standard InChI is InChI=1S/C55H59ClN10O8S/c1-34(2)65-35(3)49(55(68)61(4)5)50(51(65)37-9-11-40(56)12-10-37)38-7-6-8-41(29-38)62-21-23-63(24-22-62)42-13-15-44(46(31-42)64-25-28-74-54-48(64)30-39-17-20-57-52(39)59-54)53(67)60-75(71,72)43-14-16-45(47(32-43)66(69)70)58-33-36-18-26-73-27-19-36/h6-17,20,29-32,34,36,58H,18-19,21-28,33H2,1-5H3,(H,57,59)(H,60,67). The van der Waals surface area contributed by atoms with Crippen LogP contribution in [0.25, 0.3) is 33.4 Å². The molecule has 2 saturated heterocycles. The second kappa shape index (κ2) is 21.0. The Labute approximate surface area is 440 Å². The Morgan fingerprint density at radius 3 is 2.29 bits per heavy atom. The largest absolute Gasteiger partial charge is 0.474 e. The molecule has 2 amide bonds. The molecule has 18 nitrogen and oxygen atoms in total. The number of aromatic amines is 1. The number of aromatic nitrogens is 3. The zero-order chi connectivity index (χ0) is 52.7. The van der Waals surface area contributed by atoms with Gasteiger partial charge in [-0.1, -0.05) is 35.9 Å². The molecule has 0 aliphatic carbocycles. The molecule has 3 aromatic heterocycles. The van der Waals surface area contributed by atoms with Crippen molar-refractivity contribution in [3.05, 3.63) is 135 Å². The zero-order valence-corrected chi connectivity index (χ0v) is 44.0. The van der Waals surface area contributed by atoms with Crippen LogP contribution in [0, 0.1) is 23.0 Å². The van der Waals surface area contributed by atoms with Crippen molar-refractivity contribution < 1.29 is 32.4 Å². The first kappa shape index (κ1) is 50.9. The molecule has 6 heterocycles. The molecule has 20 heteroatoms. The SMILES string of the molecule is Cc1c(C(=O)N(C)C)c(-c2cccc(N3CCN(c4ccc(C(=O)NS(=O)(=O)c5ccc(NCC6CCOCC6)c([N+](=O)[O-])c5)c(N5CCOc6nc7[nH]ccc7cc65)c4)CC3)c2)c(-c2ccc(Cl)cc2)n1C(C)C. The zero-order valence-electron chi connectivity index (χ0n) is 42.4. The third-order valence-corrected chi connectivity index (χ3v) is 15.9. The predicted octanol–water partition coefficient (Wildman–Crippen LogP) is 9.67. The summed E-state index contributed by atoms with van der Waals surface area (Å²) in [6.45, 7) is 11.0. The summed E-state index contributed by atoms with van der Waals surface area (Å²) in [4.78, 5) is 55.6. The van der Waals surface area contributed by atoms with Gasteiger partial charge in [0, 0.05) is 111 Å². The summed E-state index contributed by atoms with van der Waals surface area (Å²) in [5.74, 6) is -0.392. The fourth-order valence-electron chi connectivity index (χ4n) is 10.5. The molecule has 2 fully saturated rings. The van der Waals surface area contributed by atoms with Gasteiger partial charge in [-0.15, -0.1) is 0 Å². The number of anilines is 5. The summed E-state index contributed by atoms with van der Waals surface area (Å²) < 4.78 is 43.9. The van der Waals surface area contributed by atoms with Gasteiger partial charge in [-0.25, -0.2) is 13.1 Å². The Bertz CT molecular complexity index is 3440. The molecule has 0 bridgehead atoms. The molecular formula is C55H59ClN10O8S. The van der Waals surface area contributed by atoms with Crippen LogP contribution in [-0.2, 0) is 14.8 Å². The van der Waals surface area contributed by atoms with E-state index in [1.807, 2.05) is 66.4 Å². The molecule has 10 rings (SSSR count). The van der Waals surface area contributed by atoms with Crippen LogP contribution in [0.1, 0.15) is 59.1 Å². The number of piperazine rings is 1. The number of ether oxygens (including phenoxy) is 2. The molecule has 3 N–H and O–H groups in total. The first-order valence-corrected chi connectivity index (χ1v) is 26.9. The van der Waals surface area contributed by atoms with E-state index in [2.05, 4.69) is 61.4 Å². The summed E-state index contributed by atoms with van der Waals surface area (Å²) in [5, 5.41) is 16.8. The average Bonchev–Trinajstić information content (AvgIpc) is 4.01. The third-order valence-electron chi connectivity index (χ3n) is 14.3.